The van der Waals surface area contributed by atoms with Crippen molar-refractivity contribution in [2.24, 2.45) is 0 Å². The summed E-state index contributed by atoms with van der Waals surface area (Å²) in [5, 5.41) is 3.44. The molecular weight excluding hydrogens is 226 g/mol. The van der Waals surface area contributed by atoms with E-state index in [4.69, 9.17) is 0 Å². The number of carbonyl (C=O) groups excluding carboxylic acids is 1. The van der Waals surface area contributed by atoms with E-state index in [1.54, 1.807) is 11.1 Å². The van der Waals surface area contributed by atoms with Crippen LogP contribution in [0, 0.1) is 0 Å². The molecule has 0 unspecified atom stereocenters. The van der Waals surface area contributed by atoms with Crippen molar-refractivity contribution in [2.45, 2.75) is 39.2 Å². The third-order valence-corrected chi connectivity index (χ3v) is 3.51. The highest BCUT2D eigenvalue weighted by Crippen LogP contribution is 2.23. The minimum Gasteiger partial charge on any atom is -0.382 e. The molecule has 1 heterocycles. The van der Waals surface area contributed by atoms with Crippen LogP contribution >= 0.6 is 0 Å². The lowest BCUT2D eigenvalue weighted by Gasteiger charge is -2.27. The number of rotatable bonds is 5. The molecule has 98 valence electrons. The van der Waals surface area contributed by atoms with Crippen LogP contribution in [0.15, 0.2) is 18.3 Å². The van der Waals surface area contributed by atoms with Gasteiger partial charge in [-0.25, -0.2) is 0 Å². The summed E-state index contributed by atoms with van der Waals surface area (Å²) in [6.07, 6.45) is 5.45. The maximum atomic E-state index is 12.2. The van der Waals surface area contributed by atoms with Gasteiger partial charge in [-0.2, -0.15) is 0 Å². The Morgan fingerprint density at radius 1 is 1.44 bits per heavy atom. The molecule has 0 aliphatic heterocycles. The molecule has 1 aromatic heterocycles. The van der Waals surface area contributed by atoms with Crippen molar-refractivity contribution in [3.05, 3.63) is 24.0 Å². The number of amides is 1. The highest BCUT2D eigenvalue weighted by atomic mass is 16.2. The average Bonchev–Trinajstić information content (AvgIpc) is 2.35. The topological polar surface area (TPSA) is 45.2 Å². The van der Waals surface area contributed by atoms with Gasteiger partial charge in [0.15, 0.2) is 0 Å². The Kier molecular flexibility index (Phi) is 4.18. The highest BCUT2D eigenvalue weighted by molar-refractivity contribution is 5.93. The molecule has 2 rings (SSSR count). The number of hydrogen-bond acceptors (Lipinski definition) is 3. The van der Waals surface area contributed by atoms with Crippen molar-refractivity contribution in [1.29, 1.82) is 0 Å². The largest absolute Gasteiger partial charge is 0.382 e. The summed E-state index contributed by atoms with van der Waals surface area (Å²) in [6.45, 7) is 5.41. The quantitative estimate of drug-likeness (QED) is 0.869. The lowest BCUT2D eigenvalue weighted by molar-refractivity contribution is 0.0767. The zero-order chi connectivity index (χ0) is 13.0. The minimum absolute atomic E-state index is 0.0114. The van der Waals surface area contributed by atoms with E-state index in [1.165, 1.54) is 19.3 Å². The number of nitrogens with zero attached hydrogens (tertiary/aromatic N) is 2. The molecule has 18 heavy (non-hydrogen) atoms. The molecule has 0 aromatic carbocycles. The van der Waals surface area contributed by atoms with Crippen LogP contribution in [-0.4, -0.2) is 34.9 Å². The summed E-state index contributed by atoms with van der Waals surface area (Å²) >= 11 is 0. The lowest BCUT2D eigenvalue weighted by atomic mass is 9.93. The van der Waals surface area contributed by atoms with E-state index in [0.29, 0.717) is 11.7 Å². The number of carbonyl (C=O) groups is 1. The second-order valence-corrected chi connectivity index (χ2v) is 4.68. The predicted molar refractivity (Wildman–Crippen MR) is 72.8 cm³/mol. The molecule has 0 spiro atoms. The zero-order valence-electron chi connectivity index (χ0n) is 11.1. The summed E-state index contributed by atoms with van der Waals surface area (Å²) in [7, 11) is 0. The first-order chi connectivity index (χ1) is 8.74. The van der Waals surface area contributed by atoms with E-state index in [2.05, 4.69) is 10.3 Å². The first kappa shape index (κ1) is 12.9. The number of pyridine rings is 1. The van der Waals surface area contributed by atoms with Gasteiger partial charge >= 0.3 is 0 Å². The van der Waals surface area contributed by atoms with E-state index in [0.717, 1.165) is 18.8 Å². The molecular formula is C14H21N3O. The van der Waals surface area contributed by atoms with Crippen LogP contribution in [0.2, 0.25) is 0 Å². The van der Waals surface area contributed by atoms with Crippen LogP contribution in [0.25, 0.3) is 0 Å². The van der Waals surface area contributed by atoms with Crippen molar-refractivity contribution in [3.8, 4) is 0 Å². The van der Waals surface area contributed by atoms with Crippen LogP contribution in [-0.2, 0) is 0 Å². The van der Waals surface area contributed by atoms with Crippen LogP contribution in [0.4, 0.5) is 5.69 Å². The average molecular weight is 247 g/mol. The Labute approximate surface area is 108 Å². The summed E-state index contributed by atoms with van der Waals surface area (Å²) < 4.78 is 0. The van der Waals surface area contributed by atoms with Gasteiger partial charge in [-0.05, 0) is 45.2 Å². The molecule has 4 nitrogen and oxygen atoms in total. The van der Waals surface area contributed by atoms with Crippen molar-refractivity contribution in [3.63, 3.8) is 0 Å². The van der Waals surface area contributed by atoms with Gasteiger partial charge in [0.05, 0.1) is 0 Å². The molecule has 1 saturated carbocycles. The molecule has 4 heteroatoms. The molecule has 1 aromatic rings. The molecule has 0 radical (unpaired) electrons. The van der Waals surface area contributed by atoms with Crippen LogP contribution in [0.1, 0.15) is 43.6 Å². The highest BCUT2D eigenvalue weighted by Gasteiger charge is 2.18. The molecule has 1 amide bonds. The van der Waals surface area contributed by atoms with Crippen molar-refractivity contribution in [2.75, 3.05) is 18.4 Å². The van der Waals surface area contributed by atoms with E-state index in [-0.39, 0.29) is 5.91 Å². The van der Waals surface area contributed by atoms with Gasteiger partial charge in [-0.1, -0.05) is 0 Å². The molecule has 1 aliphatic carbocycles. The first-order valence-corrected chi connectivity index (χ1v) is 6.76. The van der Waals surface area contributed by atoms with Gasteiger partial charge in [0.1, 0.15) is 5.69 Å². The normalized spacial score (nSPS) is 15.0. The second kappa shape index (κ2) is 5.85. The molecule has 1 N–H and O–H groups in total. The van der Waals surface area contributed by atoms with Gasteiger partial charge in [-0.15, -0.1) is 0 Å². The fourth-order valence-corrected chi connectivity index (χ4v) is 2.10. The van der Waals surface area contributed by atoms with Gasteiger partial charge in [0, 0.05) is 31.0 Å². The van der Waals surface area contributed by atoms with Gasteiger partial charge in [0.25, 0.3) is 5.91 Å². The Balaban J connectivity index is 2.07. The van der Waals surface area contributed by atoms with Gasteiger partial charge < -0.3 is 10.2 Å². The number of anilines is 1. The molecule has 0 atom stereocenters. The Morgan fingerprint density at radius 2 is 2.17 bits per heavy atom. The Hall–Kier alpha value is -1.58. The van der Waals surface area contributed by atoms with E-state index >= 15 is 0 Å². The Morgan fingerprint density at radius 3 is 2.72 bits per heavy atom. The maximum Gasteiger partial charge on any atom is 0.272 e. The lowest BCUT2D eigenvalue weighted by Crippen LogP contribution is -2.31. The summed E-state index contributed by atoms with van der Waals surface area (Å²) in [5.41, 5.74) is 1.54. The van der Waals surface area contributed by atoms with Gasteiger partial charge in [-0.3, -0.25) is 9.78 Å². The summed E-state index contributed by atoms with van der Waals surface area (Å²) in [6, 6.07) is 4.36. The maximum absolute atomic E-state index is 12.2. The van der Waals surface area contributed by atoms with Crippen LogP contribution in [0.3, 0.4) is 0 Å². The molecule has 0 bridgehead atoms. The zero-order valence-corrected chi connectivity index (χ0v) is 11.1. The van der Waals surface area contributed by atoms with Crippen LogP contribution in [0.5, 0.6) is 0 Å². The summed E-state index contributed by atoms with van der Waals surface area (Å²) in [5.74, 6) is 0.0114. The van der Waals surface area contributed by atoms with Crippen molar-refractivity contribution in [1.82, 2.24) is 9.88 Å². The van der Waals surface area contributed by atoms with E-state index in [1.807, 2.05) is 26.0 Å². The van der Waals surface area contributed by atoms with Gasteiger partial charge in [0.2, 0.25) is 0 Å². The second-order valence-electron chi connectivity index (χ2n) is 4.68. The molecule has 0 saturated heterocycles. The molecule has 1 fully saturated rings. The standard InChI is InChI=1S/C14H21N3O/c1-3-17(4-2)14(18)13-10-12(8-9-15-13)16-11-6-5-7-11/h8-11H,3-7H2,1-2H3,(H,15,16). The number of hydrogen-bond donors (Lipinski definition) is 1. The van der Waals surface area contributed by atoms with Crippen molar-refractivity contribution < 1.29 is 4.79 Å². The van der Waals surface area contributed by atoms with E-state index < -0.39 is 0 Å². The SMILES string of the molecule is CCN(CC)C(=O)c1cc(NC2CCC2)ccn1. The Bertz CT molecular complexity index is 411. The summed E-state index contributed by atoms with van der Waals surface area (Å²) in [4.78, 5) is 18.1. The number of aromatic nitrogens is 1. The predicted octanol–water partition coefficient (Wildman–Crippen LogP) is 2.53. The van der Waals surface area contributed by atoms with E-state index in [9.17, 15) is 4.79 Å². The smallest absolute Gasteiger partial charge is 0.272 e. The fraction of sp³-hybridized carbons (Fsp3) is 0.571. The van der Waals surface area contributed by atoms with Crippen LogP contribution < -0.4 is 5.32 Å². The first-order valence-electron chi connectivity index (χ1n) is 6.76. The number of nitrogens with one attached hydrogen (secondary N) is 1. The third-order valence-electron chi connectivity index (χ3n) is 3.51. The minimum atomic E-state index is 0.0114. The van der Waals surface area contributed by atoms with Crippen molar-refractivity contribution >= 4 is 11.6 Å². The monoisotopic (exact) mass is 247 g/mol. The fourth-order valence-electron chi connectivity index (χ4n) is 2.10. The molecule has 1 aliphatic rings. The third kappa shape index (κ3) is 2.81.